The first kappa shape index (κ1) is 22.6. The largest absolute Gasteiger partial charge is 0.379 e. The van der Waals surface area contributed by atoms with E-state index in [-0.39, 0.29) is 42.6 Å². The van der Waals surface area contributed by atoms with Crippen LogP contribution in [0.2, 0.25) is 0 Å². The average molecular weight is 469 g/mol. The van der Waals surface area contributed by atoms with Crippen molar-refractivity contribution >= 4 is 27.3 Å². The number of ether oxygens (including phenoxy) is 1. The van der Waals surface area contributed by atoms with E-state index in [0.717, 1.165) is 43.2 Å². The van der Waals surface area contributed by atoms with Gasteiger partial charge in [-0.05, 0) is 43.2 Å². The number of halogens is 3. The highest BCUT2D eigenvalue weighted by molar-refractivity contribution is 7.89. The average Bonchev–Trinajstić information content (AvgIpc) is 3.28. The minimum absolute atomic E-state index is 0.142. The van der Waals surface area contributed by atoms with Gasteiger partial charge in [-0.2, -0.15) is 4.31 Å². The van der Waals surface area contributed by atoms with E-state index in [1.807, 2.05) is 0 Å². The second-order valence-electron chi connectivity index (χ2n) is 7.59. The van der Waals surface area contributed by atoms with Crippen molar-refractivity contribution in [1.82, 2.24) is 4.31 Å². The SMILES string of the molecule is O=C(Nc1cc(F)c(N2CCCC2)c(F)c1)c1cc(S(=O)(=O)N2CCOCC2)ccc1F. The van der Waals surface area contributed by atoms with Crippen LogP contribution < -0.4 is 10.2 Å². The minimum Gasteiger partial charge on any atom is -0.379 e. The highest BCUT2D eigenvalue weighted by Crippen LogP contribution is 2.30. The third kappa shape index (κ3) is 4.45. The van der Waals surface area contributed by atoms with Gasteiger partial charge < -0.3 is 15.0 Å². The molecule has 0 radical (unpaired) electrons. The van der Waals surface area contributed by atoms with Crippen molar-refractivity contribution < 1.29 is 31.1 Å². The Balaban J connectivity index is 1.58. The molecule has 1 amide bonds. The number of morpholine rings is 1. The summed E-state index contributed by atoms with van der Waals surface area (Å²) in [5.74, 6) is -3.66. The van der Waals surface area contributed by atoms with Crippen LogP contribution in [0.1, 0.15) is 23.2 Å². The Kier molecular flexibility index (Phi) is 6.40. The predicted octanol–water partition coefficient (Wildman–Crippen LogP) is 2.98. The van der Waals surface area contributed by atoms with Crippen LogP contribution in [-0.4, -0.2) is 58.0 Å². The molecule has 2 aliphatic heterocycles. The zero-order valence-electron chi connectivity index (χ0n) is 17.1. The van der Waals surface area contributed by atoms with Gasteiger partial charge in [-0.25, -0.2) is 21.6 Å². The number of hydrogen-bond donors (Lipinski definition) is 1. The lowest BCUT2D eigenvalue weighted by molar-refractivity contribution is 0.0730. The number of benzene rings is 2. The van der Waals surface area contributed by atoms with E-state index in [4.69, 9.17) is 4.74 Å². The maximum atomic E-state index is 14.5. The molecule has 7 nitrogen and oxygen atoms in total. The molecule has 0 saturated carbocycles. The van der Waals surface area contributed by atoms with E-state index in [9.17, 15) is 26.4 Å². The van der Waals surface area contributed by atoms with Crippen LogP contribution in [0, 0.1) is 17.5 Å². The molecule has 0 atom stereocenters. The molecular formula is C21H22F3N3O4S. The van der Waals surface area contributed by atoms with Crippen LogP contribution in [-0.2, 0) is 14.8 Å². The third-order valence-corrected chi connectivity index (χ3v) is 7.38. The molecule has 172 valence electrons. The molecule has 1 N–H and O–H groups in total. The summed E-state index contributed by atoms with van der Waals surface area (Å²) in [4.78, 5) is 14.0. The quantitative estimate of drug-likeness (QED) is 0.729. The summed E-state index contributed by atoms with van der Waals surface area (Å²) in [5, 5.41) is 2.25. The van der Waals surface area contributed by atoms with Gasteiger partial charge in [0.15, 0.2) is 11.6 Å². The fourth-order valence-corrected chi connectivity index (χ4v) is 5.29. The highest BCUT2D eigenvalue weighted by Gasteiger charge is 2.28. The van der Waals surface area contributed by atoms with Crippen molar-refractivity contribution in [3.05, 3.63) is 53.3 Å². The van der Waals surface area contributed by atoms with Crippen LogP contribution >= 0.6 is 0 Å². The van der Waals surface area contributed by atoms with E-state index in [1.54, 1.807) is 4.90 Å². The first-order valence-electron chi connectivity index (χ1n) is 10.2. The fraction of sp³-hybridized carbons (Fsp3) is 0.381. The predicted molar refractivity (Wildman–Crippen MR) is 112 cm³/mol. The van der Waals surface area contributed by atoms with Gasteiger partial charge in [-0.15, -0.1) is 0 Å². The Morgan fingerprint density at radius 3 is 2.16 bits per heavy atom. The van der Waals surface area contributed by atoms with Crippen LogP contribution in [0.3, 0.4) is 0 Å². The smallest absolute Gasteiger partial charge is 0.258 e. The zero-order chi connectivity index (χ0) is 22.9. The van der Waals surface area contributed by atoms with Crippen molar-refractivity contribution in [1.29, 1.82) is 0 Å². The van der Waals surface area contributed by atoms with Gasteiger partial charge in [0.1, 0.15) is 11.5 Å². The topological polar surface area (TPSA) is 79.0 Å². The fourth-order valence-electron chi connectivity index (χ4n) is 3.85. The molecule has 2 fully saturated rings. The van der Waals surface area contributed by atoms with E-state index in [1.165, 1.54) is 4.31 Å². The maximum absolute atomic E-state index is 14.5. The van der Waals surface area contributed by atoms with Crippen molar-refractivity contribution in [2.75, 3.05) is 49.6 Å². The lowest BCUT2D eigenvalue weighted by Gasteiger charge is -2.26. The first-order valence-corrected chi connectivity index (χ1v) is 11.6. The van der Waals surface area contributed by atoms with E-state index in [0.29, 0.717) is 13.1 Å². The Bertz CT molecular complexity index is 1110. The molecule has 2 aromatic carbocycles. The molecule has 32 heavy (non-hydrogen) atoms. The summed E-state index contributed by atoms with van der Waals surface area (Å²) in [6.45, 7) is 1.83. The molecule has 2 aromatic rings. The molecule has 2 heterocycles. The molecule has 0 aromatic heterocycles. The van der Waals surface area contributed by atoms with Crippen molar-refractivity contribution in [3.63, 3.8) is 0 Å². The van der Waals surface area contributed by atoms with Gasteiger partial charge in [0.25, 0.3) is 5.91 Å². The molecule has 2 aliphatic rings. The molecule has 11 heteroatoms. The lowest BCUT2D eigenvalue weighted by atomic mass is 10.2. The monoisotopic (exact) mass is 469 g/mol. The van der Waals surface area contributed by atoms with E-state index in [2.05, 4.69) is 5.32 Å². The van der Waals surface area contributed by atoms with Gasteiger partial charge in [-0.3, -0.25) is 4.79 Å². The Labute approximate surface area is 183 Å². The normalized spacial score (nSPS) is 17.5. The molecular weight excluding hydrogens is 447 g/mol. The summed E-state index contributed by atoms with van der Waals surface area (Å²) in [6, 6.07) is 4.78. The van der Waals surface area contributed by atoms with Crippen molar-refractivity contribution in [2.24, 2.45) is 0 Å². The van der Waals surface area contributed by atoms with Gasteiger partial charge in [0.05, 0.1) is 23.7 Å². The summed E-state index contributed by atoms with van der Waals surface area (Å²) in [5.41, 5.74) is -0.914. The number of carbonyl (C=O) groups excluding carboxylic acids is 1. The number of sulfonamides is 1. The summed E-state index contributed by atoms with van der Waals surface area (Å²) in [7, 11) is -3.96. The number of hydrogen-bond acceptors (Lipinski definition) is 5. The summed E-state index contributed by atoms with van der Waals surface area (Å²) < 4.78 is 75.3. The van der Waals surface area contributed by atoms with Gasteiger partial charge in [0.2, 0.25) is 10.0 Å². The number of rotatable bonds is 5. The van der Waals surface area contributed by atoms with Crippen LogP contribution in [0.15, 0.2) is 35.2 Å². The first-order chi connectivity index (χ1) is 15.3. The van der Waals surface area contributed by atoms with Crippen molar-refractivity contribution in [2.45, 2.75) is 17.7 Å². The standard InChI is InChI=1S/C21H22F3N3O4S/c22-17-4-3-15(32(29,30)27-7-9-31-10-8-27)13-16(17)21(28)25-14-11-18(23)20(19(24)12-14)26-5-1-2-6-26/h3-4,11-13H,1-2,5-10H2,(H,25,28). The number of amides is 1. The van der Waals surface area contributed by atoms with E-state index < -0.39 is 38.9 Å². The zero-order valence-corrected chi connectivity index (χ0v) is 17.9. The number of nitrogens with one attached hydrogen (secondary N) is 1. The minimum atomic E-state index is -3.96. The van der Waals surface area contributed by atoms with Crippen molar-refractivity contribution in [3.8, 4) is 0 Å². The molecule has 2 saturated heterocycles. The molecule has 0 unspecified atom stereocenters. The molecule has 4 rings (SSSR count). The summed E-state index contributed by atoms with van der Waals surface area (Å²) in [6.07, 6.45) is 1.67. The van der Waals surface area contributed by atoms with Gasteiger partial charge >= 0.3 is 0 Å². The second-order valence-corrected chi connectivity index (χ2v) is 9.53. The Morgan fingerprint density at radius 2 is 1.53 bits per heavy atom. The lowest BCUT2D eigenvalue weighted by Crippen LogP contribution is -2.40. The Hall–Kier alpha value is -2.63. The number of nitrogens with zero attached hydrogens (tertiary/aromatic N) is 2. The number of anilines is 2. The van der Waals surface area contributed by atoms with Gasteiger partial charge in [-0.1, -0.05) is 0 Å². The maximum Gasteiger partial charge on any atom is 0.258 e. The van der Waals surface area contributed by atoms with Gasteiger partial charge in [0, 0.05) is 31.9 Å². The third-order valence-electron chi connectivity index (χ3n) is 5.49. The van der Waals surface area contributed by atoms with E-state index >= 15 is 0 Å². The Morgan fingerprint density at radius 1 is 0.906 bits per heavy atom. The van der Waals surface area contributed by atoms with Crippen LogP contribution in [0.25, 0.3) is 0 Å². The van der Waals surface area contributed by atoms with Crippen LogP contribution in [0.5, 0.6) is 0 Å². The number of carbonyl (C=O) groups is 1. The second kappa shape index (κ2) is 9.08. The highest BCUT2D eigenvalue weighted by atomic mass is 32.2. The van der Waals surface area contributed by atoms with Crippen LogP contribution in [0.4, 0.5) is 24.5 Å². The molecule has 0 bridgehead atoms. The summed E-state index contributed by atoms with van der Waals surface area (Å²) >= 11 is 0. The molecule has 0 spiro atoms. The molecule has 0 aliphatic carbocycles.